The molecule has 2 rings (SSSR count). The maximum Gasteiger partial charge on any atom is 0.305 e. The molecule has 0 unspecified atom stereocenters. The van der Waals surface area contributed by atoms with Crippen molar-refractivity contribution < 1.29 is 22.7 Å². The number of hydrogen-bond acceptors (Lipinski definition) is 11. The molecule has 0 saturated carbocycles. The summed E-state index contributed by atoms with van der Waals surface area (Å²) in [4.78, 5) is 0. The highest BCUT2D eigenvalue weighted by molar-refractivity contribution is 8.07. The molecule has 0 aliphatic carbocycles. The van der Waals surface area contributed by atoms with Crippen molar-refractivity contribution in [1.29, 1.82) is 0 Å². The Labute approximate surface area is 103 Å². The molecule has 0 bridgehead atoms. The molecule has 0 radical (unpaired) electrons. The zero-order valence-corrected chi connectivity index (χ0v) is 9.77. The summed E-state index contributed by atoms with van der Waals surface area (Å²) < 4.78 is 14.9. The van der Waals surface area contributed by atoms with Crippen LogP contribution in [-0.2, 0) is 16.8 Å². The monoisotopic (exact) mass is 278 g/mol. The molecule has 0 aliphatic heterocycles. The van der Waals surface area contributed by atoms with Gasteiger partial charge in [0.1, 0.15) is 37.3 Å². The number of aliphatic hydroxyl groups is 2. The number of hydrogen-bond donors (Lipinski definition) is 2. The minimum atomic E-state index is -0.329. The van der Waals surface area contributed by atoms with E-state index in [4.69, 9.17) is 22.7 Å². The lowest BCUT2D eigenvalue weighted by molar-refractivity contribution is 0.229. The lowest BCUT2D eigenvalue weighted by atomic mass is 10.7. The van der Waals surface area contributed by atoms with Crippen LogP contribution in [0.15, 0.2) is 19.3 Å². The second-order valence-corrected chi connectivity index (χ2v) is 4.05. The molecule has 9 nitrogen and oxygen atoms in total. The van der Waals surface area contributed by atoms with Gasteiger partial charge in [-0.05, 0) is 0 Å². The maximum absolute atomic E-state index is 8.68. The molecule has 0 spiro atoms. The second kappa shape index (κ2) is 5.97. The highest BCUT2D eigenvalue weighted by Gasteiger charge is 2.10. The number of aliphatic hydroxyl groups excluding tert-OH is 2. The van der Waals surface area contributed by atoms with Crippen LogP contribution < -0.4 is 0 Å². The van der Waals surface area contributed by atoms with E-state index in [0.29, 0.717) is 0 Å². The molecule has 92 valence electrons. The third-order valence-electron chi connectivity index (χ3n) is 1.38. The molecule has 11 heteroatoms. The van der Waals surface area contributed by atoms with E-state index in [9.17, 15) is 0 Å². The Kier molecular flexibility index (Phi) is 4.33. The smallest absolute Gasteiger partial charge is 0.305 e. The summed E-state index contributed by atoms with van der Waals surface area (Å²) in [7, 11) is 0. The molecule has 17 heavy (non-hydrogen) atoms. The SMILES string of the molecule is OCc1nnc(SOSc2nnc(CO)o2)o1. The molecular formula is C6H6N4O5S2. The van der Waals surface area contributed by atoms with E-state index >= 15 is 0 Å². The lowest BCUT2D eigenvalue weighted by Crippen LogP contribution is -1.79. The van der Waals surface area contributed by atoms with Gasteiger partial charge in [0.25, 0.3) is 0 Å². The Bertz CT molecular complexity index is 432. The third kappa shape index (κ3) is 3.41. The average molecular weight is 278 g/mol. The molecular weight excluding hydrogens is 272 g/mol. The molecule has 2 N–H and O–H groups in total. The van der Waals surface area contributed by atoms with Gasteiger partial charge in [0.05, 0.1) is 0 Å². The van der Waals surface area contributed by atoms with Crippen molar-refractivity contribution in [1.82, 2.24) is 20.4 Å². The summed E-state index contributed by atoms with van der Waals surface area (Å²) in [5.41, 5.74) is 0. The van der Waals surface area contributed by atoms with Gasteiger partial charge in [0, 0.05) is 0 Å². The fourth-order valence-corrected chi connectivity index (χ4v) is 1.76. The Morgan fingerprint density at radius 2 is 1.35 bits per heavy atom. The largest absolute Gasteiger partial charge is 0.412 e. The number of rotatable bonds is 6. The summed E-state index contributed by atoms with van der Waals surface area (Å²) >= 11 is 1.58. The van der Waals surface area contributed by atoms with Gasteiger partial charge < -0.3 is 19.0 Å². The summed E-state index contributed by atoms with van der Waals surface area (Å²) in [6.45, 7) is -0.658. The van der Waals surface area contributed by atoms with Gasteiger partial charge in [-0.15, -0.1) is 10.2 Å². The third-order valence-corrected chi connectivity index (χ3v) is 2.54. The van der Waals surface area contributed by atoms with Gasteiger partial charge in [0.2, 0.25) is 11.8 Å². The fourth-order valence-electron chi connectivity index (χ4n) is 0.747. The predicted octanol–water partition coefficient (Wildman–Crippen LogP) is 0.168. The van der Waals surface area contributed by atoms with E-state index in [0.717, 1.165) is 24.1 Å². The van der Waals surface area contributed by atoms with Crippen molar-refractivity contribution >= 4 is 24.1 Å². The van der Waals surface area contributed by atoms with Gasteiger partial charge >= 0.3 is 10.4 Å². The van der Waals surface area contributed by atoms with Crippen molar-refractivity contribution in [3.8, 4) is 0 Å². The number of aromatic nitrogens is 4. The quantitative estimate of drug-likeness (QED) is 0.701. The van der Waals surface area contributed by atoms with Gasteiger partial charge in [0.15, 0.2) is 0 Å². The van der Waals surface area contributed by atoms with E-state index < -0.39 is 0 Å². The standard InChI is InChI=1S/C6H6N4O5S2/c11-1-3-7-9-5(13-3)16-15-17-6-10-8-4(2-12)14-6/h11-12H,1-2H2. The minimum Gasteiger partial charge on any atom is -0.412 e. The Morgan fingerprint density at radius 3 is 1.71 bits per heavy atom. The van der Waals surface area contributed by atoms with E-state index in [1.807, 2.05) is 0 Å². The van der Waals surface area contributed by atoms with E-state index in [1.165, 1.54) is 0 Å². The fraction of sp³-hybridized carbons (Fsp3) is 0.333. The zero-order valence-electron chi connectivity index (χ0n) is 8.14. The summed E-state index contributed by atoms with van der Waals surface area (Å²) in [5.74, 6) is 0.197. The molecule has 0 atom stereocenters. The van der Waals surface area contributed by atoms with E-state index in [2.05, 4.69) is 20.4 Å². The van der Waals surface area contributed by atoms with Crippen molar-refractivity contribution in [3.05, 3.63) is 11.8 Å². The van der Waals surface area contributed by atoms with E-state index in [1.54, 1.807) is 0 Å². The summed E-state index contributed by atoms with van der Waals surface area (Å²) in [6.07, 6.45) is 0. The Balaban J connectivity index is 1.79. The van der Waals surface area contributed by atoms with Gasteiger partial charge in [-0.1, -0.05) is 10.2 Å². The topological polar surface area (TPSA) is 128 Å². The van der Waals surface area contributed by atoms with Crippen LogP contribution in [0.25, 0.3) is 0 Å². The van der Waals surface area contributed by atoms with E-state index in [-0.39, 0.29) is 35.4 Å². The molecule has 0 aromatic carbocycles. The van der Waals surface area contributed by atoms with Crippen LogP contribution in [0.1, 0.15) is 11.8 Å². The van der Waals surface area contributed by atoms with Crippen molar-refractivity contribution in [2.24, 2.45) is 0 Å². The highest BCUT2D eigenvalue weighted by atomic mass is 32.2. The van der Waals surface area contributed by atoms with Crippen LogP contribution in [0.3, 0.4) is 0 Å². The molecule has 2 aromatic heterocycles. The summed E-state index contributed by atoms with van der Waals surface area (Å²) in [5, 5.41) is 31.8. The van der Waals surface area contributed by atoms with Gasteiger partial charge in [-0.25, -0.2) is 3.63 Å². The van der Waals surface area contributed by atoms with Crippen LogP contribution in [-0.4, -0.2) is 30.6 Å². The first-order chi connectivity index (χ1) is 8.31. The highest BCUT2D eigenvalue weighted by Crippen LogP contribution is 2.27. The first-order valence-corrected chi connectivity index (χ1v) is 5.68. The first kappa shape index (κ1) is 12.3. The number of nitrogens with zero attached hydrogens (tertiary/aromatic N) is 4. The molecule has 2 aromatic rings. The van der Waals surface area contributed by atoms with Gasteiger partial charge in [-0.3, -0.25) is 0 Å². The van der Waals surface area contributed by atoms with Crippen LogP contribution in [0.2, 0.25) is 0 Å². The average Bonchev–Trinajstić information content (AvgIpc) is 2.97. The normalized spacial score (nSPS) is 10.9. The second-order valence-electron chi connectivity index (χ2n) is 2.47. The summed E-state index contributed by atoms with van der Waals surface area (Å²) in [6, 6.07) is 0. The first-order valence-electron chi connectivity index (χ1n) is 4.19. The van der Waals surface area contributed by atoms with Crippen LogP contribution >= 0.6 is 24.1 Å². The van der Waals surface area contributed by atoms with Crippen LogP contribution in [0.4, 0.5) is 0 Å². The maximum atomic E-state index is 8.68. The molecule has 0 fully saturated rings. The van der Waals surface area contributed by atoms with Crippen molar-refractivity contribution in [2.45, 2.75) is 23.7 Å². The zero-order chi connectivity index (χ0) is 12.1. The molecule has 0 aliphatic rings. The van der Waals surface area contributed by atoms with Crippen molar-refractivity contribution in [3.63, 3.8) is 0 Å². The Morgan fingerprint density at radius 1 is 0.882 bits per heavy atom. The lowest BCUT2D eigenvalue weighted by Gasteiger charge is -1.91. The van der Waals surface area contributed by atoms with Crippen LogP contribution in [0, 0.1) is 0 Å². The molecule has 0 saturated heterocycles. The predicted molar refractivity (Wildman–Crippen MR) is 53.2 cm³/mol. The Hall–Kier alpha value is -1.14. The molecule has 0 amide bonds. The van der Waals surface area contributed by atoms with Crippen molar-refractivity contribution in [2.75, 3.05) is 0 Å². The van der Waals surface area contributed by atoms with Crippen LogP contribution in [0.5, 0.6) is 0 Å². The van der Waals surface area contributed by atoms with Gasteiger partial charge in [-0.2, -0.15) is 0 Å². The molecule has 2 heterocycles. The minimum absolute atomic E-state index is 0.0986.